The average molecular weight is 533 g/mol. The second kappa shape index (κ2) is 9.61. The number of benzene rings is 1. The highest BCUT2D eigenvalue weighted by Gasteiger charge is 2.40. The van der Waals surface area contributed by atoms with Crippen molar-refractivity contribution in [3.05, 3.63) is 35.6 Å². The summed E-state index contributed by atoms with van der Waals surface area (Å²) >= 11 is 6.22. The molecule has 2 fully saturated rings. The van der Waals surface area contributed by atoms with E-state index in [-0.39, 0.29) is 23.5 Å². The number of nitriles is 1. The molecule has 1 atom stereocenters. The van der Waals surface area contributed by atoms with Crippen molar-refractivity contribution in [2.75, 3.05) is 13.1 Å². The summed E-state index contributed by atoms with van der Waals surface area (Å²) in [4.78, 5) is 39.9. The average Bonchev–Trinajstić information content (AvgIpc) is 3.62. The summed E-state index contributed by atoms with van der Waals surface area (Å²) in [6.45, 7) is 1.04. The first-order valence-corrected chi connectivity index (χ1v) is 12.9. The summed E-state index contributed by atoms with van der Waals surface area (Å²) < 4.78 is 7.35. The van der Waals surface area contributed by atoms with Gasteiger partial charge in [0.25, 0.3) is 0 Å². The van der Waals surface area contributed by atoms with Crippen LogP contribution in [0.25, 0.3) is 33.5 Å². The number of likely N-dealkylation sites (tertiary alicyclic amines) is 1. The molecule has 1 saturated carbocycles. The van der Waals surface area contributed by atoms with Gasteiger partial charge >= 0.3 is 6.09 Å². The Morgan fingerprint density at radius 1 is 1.26 bits per heavy atom. The molecular formula is C26H25ClN8O3. The van der Waals surface area contributed by atoms with E-state index in [1.54, 1.807) is 21.8 Å². The van der Waals surface area contributed by atoms with Crippen molar-refractivity contribution < 1.29 is 14.3 Å². The molecule has 2 amide bonds. The van der Waals surface area contributed by atoms with Gasteiger partial charge in [0.1, 0.15) is 17.4 Å². The number of carbonyl (C=O) groups excluding carboxylic acids is 2. The molecule has 0 unspecified atom stereocenters. The van der Waals surface area contributed by atoms with E-state index in [0.29, 0.717) is 53.5 Å². The number of aryl methyl sites for hydroxylation is 1. The maximum Gasteiger partial charge on any atom is 0.413 e. The van der Waals surface area contributed by atoms with Gasteiger partial charge in [0, 0.05) is 42.7 Å². The zero-order valence-electron chi connectivity index (χ0n) is 20.6. The molecular weight excluding hydrogens is 508 g/mol. The van der Waals surface area contributed by atoms with Crippen molar-refractivity contribution in [3.63, 3.8) is 0 Å². The summed E-state index contributed by atoms with van der Waals surface area (Å²) in [5, 5.41) is 17.9. The molecule has 2 N–H and O–H groups in total. The van der Waals surface area contributed by atoms with Crippen molar-refractivity contribution in [2.24, 2.45) is 18.9 Å². The third-order valence-electron chi connectivity index (χ3n) is 7.23. The van der Waals surface area contributed by atoms with Gasteiger partial charge in [-0.2, -0.15) is 10.4 Å². The number of hydrogen-bond donors (Lipinski definition) is 2. The fraction of sp³-hybridized carbons (Fsp3) is 0.385. The van der Waals surface area contributed by atoms with E-state index < -0.39 is 12.1 Å². The van der Waals surface area contributed by atoms with E-state index in [0.717, 1.165) is 23.7 Å². The molecule has 1 aliphatic heterocycles. The molecule has 4 aromatic rings. The maximum absolute atomic E-state index is 13.2. The Morgan fingerprint density at radius 3 is 2.79 bits per heavy atom. The molecule has 1 aliphatic carbocycles. The normalized spacial score (nSPS) is 16.9. The number of H-pyrrole nitrogens is 1. The monoisotopic (exact) mass is 532 g/mol. The van der Waals surface area contributed by atoms with E-state index in [1.807, 2.05) is 19.2 Å². The first-order valence-electron chi connectivity index (χ1n) is 12.5. The van der Waals surface area contributed by atoms with Gasteiger partial charge in [0.15, 0.2) is 16.9 Å². The number of hydrogen-bond acceptors (Lipinski definition) is 7. The van der Waals surface area contributed by atoms with Gasteiger partial charge < -0.3 is 19.9 Å². The first kappa shape index (κ1) is 24.2. The summed E-state index contributed by atoms with van der Waals surface area (Å²) in [7, 11) is 1.84. The molecule has 0 spiro atoms. The number of fused-ring (bicyclic) bond motifs is 2. The number of nitrogens with one attached hydrogen (secondary N) is 2. The lowest BCUT2D eigenvalue weighted by atomic mass is 9.97. The fourth-order valence-corrected chi connectivity index (χ4v) is 5.15. The quantitative estimate of drug-likeness (QED) is 0.398. The van der Waals surface area contributed by atoms with Crippen LogP contribution in [0.15, 0.2) is 30.6 Å². The third kappa shape index (κ3) is 4.52. The zero-order valence-corrected chi connectivity index (χ0v) is 21.4. The molecule has 4 heterocycles. The number of nitrogens with zero attached hydrogens (tertiary/aromatic N) is 6. The molecule has 3 aromatic heterocycles. The number of aromatic nitrogens is 5. The second-order valence-corrected chi connectivity index (χ2v) is 10.3. The minimum atomic E-state index is -0.731. The van der Waals surface area contributed by atoms with Crippen LogP contribution >= 0.6 is 11.6 Å². The predicted molar refractivity (Wildman–Crippen MR) is 139 cm³/mol. The fourth-order valence-electron chi connectivity index (χ4n) is 4.98. The van der Waals surface area contributed by atoms with Crippen LogP contribution in [0.3, 0.4) is 0 Å². The number of amides is 2. The lowest BCUT2D eigenvalue weighted by Gasteiger charge is -2.32. The third-order valence-corrected chi connectivity index (χ3v) is 7.46. The van der Waals surface area contributed by atoms with Gasteiger partial charge in [-0.25, -0.2) is 14.8 Å². The molecule has 1 saturated heterocycles. The Hall–Kier alpha value is -4.17. The number of halogens is 1. The van der Waals surface area contributed by atoms with Crippen molar-refractivity contribution >= 4 is 45.7 Å². The molecule has 38 heavy (non-hydrogen) atoms. The van der Waals surface area contributed by atoms with Crippen molar-refractivity contribution in [1.29, 1.82) is 5.26 Å². The van der Waals surface area contributed by atoms with Crippen LogP contribution in [0, 0.1) is 23.2 Å². The first-order chi connectivity index (χ1) is 18.4. The molecule has 6 rings (SSSR count). The Balaban J connectivity index is 1.21. The summed E-state index contributed by atoms with van der Waals surface area (Å²) in [5.41, 5.74) is 2.82. The van der Waals surface area contributed by atoms with Gasteiger partial charge in [-0.3, -0.25) is 9.48 Å². The molecule has 0 bridgehead atoms. The van der Waals surface area contributed by atoms with E-state index in [4.69, 9.17) is 21.6 Å². The van der Waals surface area contributed by atoms with Gasteiger partial charge in [-0.05, 0) is 49.8 Å². The minimum absolute atomic E-state index is 0.0229. The number of ether oxygens (including phenoxy) is 1. The van der Waals surface area contributed by atoms with Crippen LogP contribution in [-0.2, 0) is 11.8 Å². The van der Waals surface area contributed by atoms with Gasteiger partial charge in [-0.15, -0.1) is 0 Å². The number of aromatic amines is 1. The highest BCUT2D eigenvalue weighted by Crippen LogP contribution is 2.35. The molecule has 1 aromatic carbocycles. The Morgan fingerprint density at radius 2 is 2.05 bits per heavy atom. The van der Waals surface area contributed by atoms with Crippen LogP contribution < -0.4 is 10.1 Å². The van der Waals surface area contributed by atoms with Crippen molar-refractivity contribution in [2.45, 2.75) is 31.7 Å². The van der Waals surface area contributed by atoms with Crippen LogP contribution in [0.5, 0.6) is 5.75 Å². The molecule has 0 radical (unpaired) electrons. The van der Waals surface area contributed by atoms with E-state index in [1.165, 1.54) is 6.20 Å². The largest absolute Gasteiger partial charge is 0.413 e. The van der Waals surface area contributed by atoms with Crippen LogP contribution in [0.4, 0.5) is 4.79 Å². The maximum atomic E-state index is 13.2. The SMILES string of the molecule is Cn1nc(-c2cnc3[nH]cc(OC(=O)N[C@@H](C(=O)N4CCC(C#N)CC4)C4CC4)c3n2)c2cc(Cl)ccc21. The van der Waals surface area contributed by atoms with Gasteiger partial charge in [0.2, 0.25) is 5.91 Å². The highest BCUT2D eigenvalue weighted by molar-refractivity contribution is 6.31. The van der Waals surface area contributed by atoms with Crippen molar-refractivity contribution in [3.8, 4) is 23.2 Å². The molecule has 194 valence electrons. The molecule has 11 nitrogen and oxygen atoms in total. The second-order valence-electron chi connectivity index (χ2n) is 9.82. The topological polar surface area (TPSA) is 142 Å². The Bertz CT molecular complexity index is 1590. The zero-order chi connectivity index (χ0) is 26.4. The lowest BCUT2D eigenvalue weighted by Crippen LogP contribution is -2.52. The lowest BCUT2D eigenvalue weighted by molar-refractivity contribution is -0.135. The smallest absolute Gasteiger partial charge is 0.406 e. The molecule has 12 heteroatoms. The Labute approximate surface area is 222 Å². The number of rotatable bonds is 5. The molecule has 2 aliphatic rings. The van der Waals surface area contributed by atoms with Gasteiger partial charge in [0.05, 0.1) is 17.8 Å². The Kier molecular flexibility index (Phi) is 6.12. The van der Waals surface area contributed by atoms with Crippen LogP contribution in [-0.4, -0.2) is 60.8 Å². The summed E-state index contributed by atoms with van der Waals surface area (Å²) in [6, 6.07) is 7.13. The number of carbonyl (C=O) groups is 2. The summed E-state index contributed by atoms with van der Waals surface area (Å²) in [6.07, 6.45) is 5.43. The van der Waals surface area contributed by atoms with Crippen LogP contribution in [0.1, 0.15) is 25.7 Å². The van der Waals surface area contributed by atoms with Gasteiger partial charge in [-0.1, -0.05) is 11.6 Å². The van der Waals surface area contributed by atoms with E-state index in [9.17, 15) is 9.59 Å². The van der Waals surface area contributed by atoms with Crippen molar-refractivity contribution in [1.82, 2.24) is 34.9 Å². The predicted octanol–water partition coefficient (Wildman–Crippen LogP) is 3.79. The minimum Gasteiger partial charge on any atom is -0.406 e. The number of piperidine rings is 1. The standard InChI is InChI=1S/C26H25ClN8O3/c1-34-19-5-4-16(27)10-17(19)22(33-34)18-12-29-24-23(31-18)20(13-30-24)38-26(37)32-21(15-2-3-15)25(36)35-8-6-14(11-28)7-9-35/h4-5,10,12-15,21H,2-3,6-9H2,1H3,(H,29,30)(H,32,37)/t21-/m1/s1. The summed E-state index contributed by atoms with van der Waals surface area (Å²) in [5.74, 6) is 0.136. The van der Waals surface area contributed by atoms with E-state index in [2.05, 4.69) is 31.4 Å². The van der Waals surface area contributed by atoms with E-state index >= 15 is 0 Å². The highest BCUT2D eigenvalue weighted by atomic mass is 35.5. The van der Waals surface area contributed by atoms with Crippen LogP contribution in [0.2, 0.25) is 5.02 Å².